The van der Waals surface area contributed by atoms with Gasteiger partial charge in [0, 0.05) is 5.57 Å². The zero-order valence-electron chi connectivity index (χ0n) is 9.30. The van der Waals surface area contributed by atoms with Crippen LogP contribution < -0.4 is 0 Å². The Bertz CT molecular complexity index is 385. The van der Waals surface area contributed by atoms with E-state index in [9.17, 15) is 4.79 Å². The van der Waals surface area contributed by atoms with Crippen LogP contribution in [0.15, 0.2) is 34.9 Å². The van der Waals surface area contributed by atoms with Gasteiger partial charge in [-0.2, -0.15) is 0 Å². The van der Waals surface area contributed by atoms with Crippen LogP contribution in [0.5, 0.6) is 0 Å². The number of hydrogen-bond acceptors (Lipinski definition) is 2. The largest absolute Gasteiger partial charge is 0.457 e. The van der Waals surface area contributed by atoms with E-state index in [-0.39, 0.29) is 5.97 Å². The summed E-state index contributed by atoms with van der Waals surface area (Å²) in [6.45, 7) is 8.49. The van der Waals surface area contributed by atoms with Gasteiger partial charge in [0.15, 0.2) is 0 Å². The Balaban J connectivity index is 2.44. The molecule has 2 nitrogen and oxygen atoms in total. The Morgan fingerprint density at radius 3 is 2.73 bits per heavy atom. The van der Waals surface area contributed by atoms with Gasteiger partial charge in [-0.15, -0.1) is 0 Å². The monoisotopic (exact) mass is 204 g/mol. The van der Waals surface area contributed by atoms with Crippen molar-refractivity contribution in [2.45, 2.75) is 26.7 Å². The second kappa shape index (κ2) is 3.69. The number of rotatable bonds is 2. The molecule has 0 saturated carbocycles. The van der Waals surface area contributed by atoms with Crippen LogP contribution in [0.3, 0.4) is 0 Å². The topological polar surface area (TPSA) is 26.3 Å². The molecule has 2 rings (SSSR count). The van der Waals surface area contributed by atoms with Gasteiger partial charge in [-0.25, -0.2) is 4.79 Å². The molecule has 1 heterocycles. The molecule has 1 unspecified atom stereocenters. The lowest BCUT2D eigenvalue weighted by molar-refractivity contribution is -0.135. The molecule has 0 spiro atoms. The Labute approximate surface area is 90.3 Å². The van der Waals surface area contributed by atoms with Crippen molar-refractivity contribution in [3.63, 3.8) is 0 Å². The van der Waals surface area contributed by atoms with E-state index in [1.54, 1.807) is 6.08 Å². The van der Waals surface area contributed by atoms with E-state index < -0.39 is 0 Å². The summed E-state index contributed by atoms with van der Waals surface area (Å²) in [6.07, 6.45) is 3.87. The van der Waals surface area contributed by atoms with Crippen LogP contribution in [0.2, 0.25) is 0 Å². The second-order valence-corrected chi connectivity index (χ2v) is 4.27. The lowest BCUT2D eigenvalue weighted by Gasteiger charge is -2.05. The highest BCUT2D eigenvalue weighted by Crippen LogP contribution is 2.38. The highest BCUT2D eigenvalue weighted by atomic mass is 16.5. The van der Waals surface area contributed by atoms with E-state index in [1.165, 1.54) is 17.6 Å². The molecule has 0 radical (unpaired) electrons. The van der Waals surface area contributed by atoms with Gasteiger partial charge < -0.3 is 4.74 Å². The van der Waals surface area contributed by atoms with Crippen LogP contribution in [0.25, 0.3) is 0 Å². The summed E-state index contributed by atoms with van der Waals surface area (Å²) in [5.41, 5.74) is 4.46. The van der Waals surface area contributed by atoms with Crippen molar-refractivity contribution in [1.29, 1.82) is 0 Å². The number of carbonyl (C=O) groups is 1. The molecule has 0 saturated heterocycles. The summed E-state index contributed by atoms with van der Waals surface area (Å²) in [5.74, 6) is 0.411. The van der Waals surface area contributed by atoms with Crippen LogP contribution in [-0.2, 0) is 9.53 Å². The van der Waals surface area contributed by atoms with Gasteiger partial charge in [0.1, 0.15) is 6.61 Å². The smallest absolute Gasteiger partial charge is 0.338 e. The van der Waals surface area contributed by atoms with E-state index in [2.05, 4.69) is 20.4 Å². The third-order valence-corrected chi connectivity index (χ3v) is 3.50. The zero-order valence-corrected chi connectivity index (χ0v) is 9.30. The molecule has 0 aromatic carbocycles. The molecule has 80 valence electrons. The Kier molecular flexibility index (Phi) is 2.51. The molecule has 1 atom stereocenters. The highest BCUT2D eigenvalue weighted by Gasteiger charge is 2.29. The van der Waals surface area contributed by atoms with Crippen LogP contribution in [0, 0.1) is 5.92 Å². The number of hydrogen-bond donors (Lipinski definition) is 0. The molecule has 15 heavy (non-hydrogen) atoms. The molecule has 0 bridgehead atoms. The van der Waals surface area contributed by atoms with Crippen LogP contribution in [0.4, 0.5) is 0 Å². The number of cyclic esters (lactones) is 1. The fourth-order valence-corrected chi connectivity index (χ4v) is 2.33. The van der Waals surface area contributed by atoms with Crippen molar-refractivity contribution in [3.8, 4) is 0 Å². The summed E-state index contributed by atoms with van der Waals surface area (Å²) >= 11 is 0. The van der Waals surface area contributed by atoms with Crippen molar-refractivity contribution in [2.24, 2.45) is 5.92 Å². The first-order valence-corrected chi connectivity index (χ1v) is 5.38. The third kappa shape index (κ3) is 1.54. The summed E-state index contributed by atoms with van der Waals surface area (Å²) in [7, 11) is 0. The fraction of sp³-hybridized carbons (Fsp3) is 0.462. The van der Waals surface area contributed by atoms with Gasteiger partial charge in [0.25, 0.3) is 0 Å². The average molecular weight is 204 g/mol. The molecule has 1 aliphatic heterocycles. The minimum atomic E-state index is -0.222. The van der Waals surface area contributed by atoms with Gasteiger partial charge in [0.2, 0.25) is 0 Å². The standard InChI is InChI=1S/C13H16O2/c1-4-10-12(7-15-13(10)14)11-6-5-8(2)9(11)3/h4,8H,1,5-7H2,2-3H3. The number of ether oxygens (including phenoxy) is 1. The maximum Gasteiger partial charge on any atom is 0.338 e. The van der Waals surface area contributed by atoms with Crippen LogP contribution in [-0.4, -0.2) is 12.6 Å². The maximum atomic E-state index is 11.4. The van der Waals surface area contributed by atoms with Gasteiger partial charge in [-0.1, -0.05) is 25.2 Å². The minimum absolute atomic E-state index is 0.222. The molecule has 0 amide bonds. The molecule has 1 aliphatic carbocycles. The van der Waals surface area contributed by atoms with Crippen molar-refractivity contribution in [1.82, 2.24) is 0 Å². The third-order valence-electron chi connectivity index (χ3n) is 3.50. The highest BCUT2D eigenvalue weighted by molar-refractivity contribution is 5.95. The lowest BCUT2D eigenvalue weighted by atomic mass is 9.98. The van der Waals surface area contributed by atoms with Gasteiger partial charge in [-0.05, 0) is 31.3 Å². The molecule has 2 aliphatic rings. The molecule has 0 N–H and O–H groups in total. The number of carbonyl (C=O) groups excluding carboxylic acids is 1. The summed E-state index contributed by atoms with van der Waals surface area (Å²) in [4.78, 5) is 11.4. The van der Waals surface area contributed by atoms with Crippen molar-refractivity contribution >= 4 is 5.97 Å². The summed E-state index contributed by atoms with van der Waals surface area (Å²) in [5, 5.41) is 0. The first-order chi connectivity index (χ1) is 7.15. The SMILES string of the molecule is C=CC1=C(C2=C(C)C(C)CC2)COC1=O. The van der Waals surface area contributed by atoms with Crippen LogP contribution >= 0.6 is 0 Å². The van der Waals surface area contributed by atoms with Crippen molar-refractivity contribution in [2.75, 3.05) is 6.61 Å². The van der Waals surface area contributed by atoms with E-state index in [1.807, 2.05) is 0 Å². The first kappa shape index (κ1) is 10.2. The Morgan fingerprint density at radius 2 is 2.20 bits per heavy atom. The average Bonchev–Trinajstić information content (AvgIpc) is 2.73. The second-order valence-electron chi connectivity index (χ2n) is 4.27. The maximum absolute atomic E-state index is 11.4. The van der Waals surface area contributed by atoms with Crippen molar-refractivity contribution < 1.29 is 9.53 Å². The Hall–Kier alpha value is -1.31. The molecule has 0 aromatic heterocycles. The van der Waals surface area contributed by atoms with Crippen molar-refractivity contribution in [3.05, 3.63) is 34.9 Å². The fourth-order valence-electron chi connectivity index (χ4n) is 2.33. The molecular weight excluding hydrogens is 188 g/mol. The molecule has 0 fully saturated rings. The minimum Gasteiger partial charge on any atom is -0.457 e. The van der Waals surface area contributed by atoms with Gasteiger partial charge >= 0.3 is 5.97 Å². The molecule has 2 heteroatoms. The normalized spacial score (nSPS) is 26.3. The summed E-state index contributed by atoms with van der Waals surface area (Å²) in [6, 6.07) is 0. The van der Waals surface area contributed by atoms with E-state index in [0.29, 0.717) is 18.1 Å². The summed E-state index contributed by atoms with van der Waals surface area (Å²) < 4.78 is 5.05. The Morgan fingerprint density at radius 1 is 1.47 bits per heavy atom. The number of allylic oxidation sites excluding steroid dienone is 1. The van der Waals surface area contributed by atoms with Gasteiger partial charge in [-0.3, -0.25) is 0 Å². The van der Waals surface area contributed by atoms with Crippen LogP contribution in [0.1, 0.15) is 26.7 Å². The molecular formula is C13H16O2. The number of esters is 1. The predicted molar refractivity (Wildman–Crippen MR) is 59.3 cm³/mol. The van der Waals surface area contributed by atoms with E-state index >= 15 is 0 Å². The zero-order chi connectivity index (χ0) is 11.0. The van der Waals surface area contributed by atoms with Gasteiger partial charge in [0.05, 0.1) is 5.57 Å². The molecule has 0 aromatic rings. The van der Waals surface area contributed by atoms with E-state index in [0.717, 1.165) is 12.0 Å². The lowest BCUT2D eigenvalue weighted by Crippen LogP contribution is -1.95. The quantitative estimate of drug-likeness (QED) is 0.646. The first-order valence-electron chi connectivity index (χ1n) is 5.38. The van der Waals surface area contributed by atoms with E-state index in [4.69, 9.17) is 4.74 Å². The predicted octanol–water partition coefficient (Wildman–Crippen LogP) is 2.77.